The SMILES string of the molecule is O=S(=O)(NOCCN1CCOCC1)c1ccc(Br)cc1. The second-order valence-electron chi connectivity index (χ2n) is 4.34. The van der Waals surface area contributed by atoms with E-state index < -0.39 is 10.0 Å². The summed E-state index contributed by atoms with van der Waals surface area (Å²) in [6, 6.07) is 6.36. The maximum absolute atomic E-state index is 11.9. The summed E-state index contributed by atoms with van der Waals surface area (Å²) in [5.74, 6) is 0. The predicted octanol–water partition coefficient (Wildman–Crippen LogP) is 0.991. The topological polar surface area (TPSA) is 67.9 Å². The van der Waals surface area contributed by atoms with Crippen LogP contribution in [-0.2, 0) is 19.6 Å². The molecule has 0 aromatic heterocycles. The molecule has 1 fully saturated rings. The maximum atomic E-state index is 11.9. The number of hydrogen-bond donors (Lipinski definition) is 1. The van der Waals surface area contributed by atoms with Crippen LogP contribution in [0.5, 0.6) is 0 Å². The number of ether oxygens (including phenoxy) is 1. The first-order valence-corrected chi connectivity index (χ1v) is 8.55. The highest BCUT2D eigenvalue weighted by atomic mass is 79.9. The Morgan fingerprint density at radius 3 is 2.55 bits per heavy atom. The maximum Gasteiger partial charge on any atom is 0.262 e. The Balaban J connectivity index is 1.76. The molecular formula is C12H17BrN2O4S. The molecule has 1 aromatic carbocycles. The zero-order chi connectivity index (χ0) is 14.4. The second kappa shape index (κ2) is 7.48. The molecule has 1 saturated heterocycles. The number of nitrogens with zero attached hydrogens (tertiary/aromatic N) is 1. The van der Waals surface area contributed by atoms with E-state index >= 15 is 0 Å². The Morgan fingerprint density at radius 2 is 1.90 bits per heavy atom. The fraction of sp³-hybridized carbons (Fsp3) is 0.500. The van der Waals surface area contributed by atoms with E-state index in [1.54, 1.807) is 12.1 Å². The van der Waals surface area contributed by atoms with E-state index in [2.05, 4.69) is 25.7 Å². The summed E-state index contributed by atoms with van der Waals surface area (Å²) in [5, 5.41) is 0. The van der Waals surface area contributed by atoms with E-state index in [-0.39, 0.29) is 4.90 Å². The van der Waals surface area contributed by atoms with Gasteiger partial charge >= 0.3 is 0 Å². The third-order valence-corrected chi connectivity index (χ3v) is 4.66. The molecule has 0 unspecified atom stereocenters. The van der Waals surface area contributed by atoms with Crippen LogP contribution >= 0.6 is 15.9 Å². The van der Waals surface area contributed by atoms with Crippen LogP contribution in [0, 0.1) is 0 Å². The van der Waals surface area contributed by atoms with Crippen LogP contribution in [0.1, 0.15) is 0 Å². The first kappa shape index (κ1) is 15.9. The summed E-state index contributed by atoms with van der Waals surface area (Å²) >= 11 is 3.26. The molecule has 0 saturated carbocycles. The van der Waals surface area contributed by atoms with E-state index in [1.807, 2.05) is 0 Å². The summed E-state index contributed by atoms with van der Waals surface area (Å²) in [6.45, 7) is 4.10. The van der Waals surface area contributed by atoms with Gasteiger partial charge in [-0.05, 0) is 24.3 Å². The van der Waals surface area contributed by atoms with Gasteiger partial charge in [-0.3, -0.25) is 9.74 Å². The van der Waals surface area contributed by atoms with Gasteiger partial charge in [-0.2, -0.15) is 0 Å². The third-order valence-electron chi connectivity index (χ3n) is 2.91. The number of nitrogens with one attached hydrogen (secondary N) is 1. The largest absolute Gasteiger partial charge is 0.379 e. The van der Waals surface area contributed by atoms with Crippen LogP contribution in [0.15, 0.2) is 33.6 Å². The number of rotatable bonds is 6. The number of hydrogen-bond acceptors (Lipinski definition) is 5. The van der Waals surface area contributed by atoms with E-state index in [4.69, 9.17) is 9.57 Å². The summed E-state index contributed by atoms with van der Waals surface area (Å²) in [7, 11) is -3.62. The smallest absolute Gasteiger partial charge is 0.262 e. The standard InChI is InChI=1S/C12H17BrN2O4S/c13-11-1-3-12(4-2-11)20(16,17)14-19-10-7-15-5-8-18-9-6-15/h1-4,14H,5-10H2. The Hall–Kier alpha value is -0.510. The van der Waals surface area contributed by atoms with E-state index in [0.717, 1.165) is 17.6 Å². The highest BCUT2D eigenvalue weighted by Crippen LogP contribution is 2.14. The highest BCUT2D eigenvalue weighted by molar-refractivity contribution is 9.10. The zero-order valence-electron chi connectivity index (χ0n) is 10.9. The van der Waals surface area contributed by atoms with Crippen molar-refractivity contribution in [3.05, 3.63) is 28.7 Å². The summed E-state index contributed by atoms with van der Waals surface area (Å²) in [6.07, 6.45) is 0. The highest BCUT2D eigenvalue weighted by Gasteiger charge is 2.14. The molecule has 1 aromatic rings. The molecule has 1 aliphatic rings. The van der Waals surface area contributed by atoms with Gasteiger partial charge in [0.2, 0.25) is 0 Å². The minimum absolute atomic E-state index is 0.173. The van der Waals surface area contributed by atoms with Crippen molar-refractivity contribution in [3.8, 4) is 0 Å². The van der Waals surface area contributed by atoms with Gasteiger partial charge in [-0.15, -0.1) is 0 Å². The van der Waals surface area contributed by atoms with Crippen LogP contribution in [0.4, 0.5) is 0 Å². The summed E-state index contributed by atoms with van der Waals surface area (Å²) < 4.78 is 29.9. The minimum Gasteiger partial charge on any atom is -0.379 e. The fourth-order valence-electron chi connectivity index (χ4n) is 1.78. The quantitative estimate of drug-likeness (QED) is 0.602. The molecule has 0 spiro atoms. The molecule has 8 heteroatoms. The molecule has 0 radical (unpaired) electrons. The lowest BCUT2D eigenvalue weighted by molar-refractivity contribution is 0.0125. The molecule has 2 rings (SSSR count). The van der Waals surface area contributed by atoms with Crippen molar-refractivity contribution in [3.63, 3.8) is 0 Å². The monoisotopic (exact) mass is 364 g/mol. The molecule has 112 valence electrons. The van der Waals surface area contributed by atoms with E-state index in [9.17, 15) is 8.42 Å². The van der Waals surface area contributed by atoms with Crippen LogP contribution < -0.4 is 4.89 Å². The van der Waals surface area contributed by atoms with Gasteiger partial charge in [-0.1, -0.05) is 20.8 Å². The number of sulfonamides is 1. The van der Waals surface area contributed by atoms with Crippen molar-refractivity contribution in [2.45, 2.75) is 4.90 Å². The number of benzene rings is 1. The fourth-order valence-corrected chi connectivity index (χ4v) is 2.87. The molecule has 0 bridgehead atoms. The van der Waals surface area contributed by atoms with Gasteiger partial charge in [-0.25, -0.2) is 8.42 Å². The van der Waals surface area contributed by atoms with Gasteiger partial charge in [0.25, 0.3) is 10.0 Å². The predicted molar refractivity (Wildman–Crippen MR) is 77.7 cm³/mol. The Kier molecular flexibility index (Phi) is 5.94. The van der Waals surface area contributed by atoms with Gasteiger partial charge in [0.1, 0.15) is 0 Å². The van der Waals surface area contributed by atoms with Crippen molar-refractivity contribution in [2.75, 3.05) is 39.5 Å². The van der Waals surface area contributed by atoms with Crippen LogP contribution in [-0.4, -0.2) is 52.8 Å². The Bertz CT molecular complexity index is 515. The molecule has 1 heterocycles. The van der Waals surface area contributed by atoms with Crippen molar-refractivity contribution >= 4 is 26.0 Å². The third kappa shape index (κ3) is 4.80. The van der Waals surface area contributed by atoms with Crippen molar-refractivity contribution in [1.29, 1.82) is 0 Å². The van der Waals surface area contributed by atoms with Crippen LogP contribution in [0.3, 0.4) is 0 Å². The lowest BCUT2D eigenvalue weighted by Crippen LogP contribution is -2.39. The first-order valence-electron chi connectivity index (χ1n) is 6.27. The number of morpholine rings is 1. The summed E-state index contributed by atoms with van der Waals surface area (Å²) in [4.78, 5) is 9.52. The van der Waals surface area contributed by atoms with E-state index in [0.29, 0.717) is 26.4 Å². The molecule has 0 amide bonds. The van der Waals surface area contributed by atoms with Gasteiger partial charge in [0, 0.05) is 24.1 Å². The lowest BCUT2D eigenvalue weighted by atomic mass is 10.4. The van der Waals surface area contributed by atoms with E-state index in [1.165, 1.54) is 12.1 Å². The van der Waals surface area contributed by atoms with Crippen molar-refractivity contribution < 1.29 is 18.0 Å². The molecule has 0 atom stereocenters. The normalized spacial score (nSPS) is 17.2. The second-order valence-corrected chi connectivity index (χ2v) is 6.90. The summed E-state index contributed by atoms with van der Waals surface area (Å²) in [5.41, 5.74) is 0. The average Bonchev–Trinajstić information content (AvgIpc) is 2.45. The lowest BCUT2D eigenvalue weighted by Gasteiger charge is -2.26. The Morgan fingerprint density at radius 1 is 1.25 bits per heavy atom. The van der Waals surface area contributed by atoms with Gasteiger partial charge in [0.05, 0.1) is 24.7 Å². The number of halogens is 1. The van der Waals surface area contributed by atoms with Crippen LogP contribution in [0.25, 0.3) is 0 Å². The Labute approximate surface area is 127 Å². The average molecular weight is 365 g/mol. The molecular weight excluding hydrogens is 348 g/mol. The van der Waals surface area contributed by atoms with Gasteiger partial charge in [0.15, 0.2) is 0 Å². The van der Waals surface area contributed by atoms with Crippen LogP contribution in [0.2, 0.25) is 0 Å². The molecule has 1 N–H and O–H groups in total. The molecule has 6 nitrogen and oxygen atoms in total. The molecule has 20 heavy (non-hydrogen) atoms. The minimum atomic E-state index is -3.62. The zero-order valence-corrected chi connectivity index (χ0v) is 13.3. The molecule has 1 aliphatic heterocycles. The van der Waals surface area contributed by atoms with Gasteiger partial charge < -0.3 is 4.74 Å². The molecule has 0 aliphatic carbocycles. The van der Waals surface area contributed by atoms with Crippen molar-refractivity contribution in [2.24, 2.45) is 0 Å². The first-order chi connectivity index (χ1) is 9.58. The van der Waals surface area contributed by atoms with Crippen molar-refractivity contribution in [1.82, 2.24) is 9.79 Å².